The van der Waals surface area contributed by atoms with Gasteiger partial charge in [-0.05, 0) is 49.7 Å². The topological polar surface area (TPSA) is 98.1 Å². The molecular formula is C24H27N5O3S. The van der Waals surface area contributed by atoms with Crippen molar-refractivity contribution in [1.29, 1.82) is 0 Å². The fraction of sp³-hybridized carbons (Fsp3) is 0.250. The lowest BCUT2D eigenvalue weighted by Crippen LogP contribution is -2.18. The second kappa shape index (κ2) is 11.9. The van der Waals surface area contributed by atoms with Gasteiger partial charge in [-0.1, -0.05) is 36.0 Å². The normalized spacial score (nSPS) is 10.5. The lowest BCUT2D eigenvalue weighted by atomic mass is 10.2. The summed E-state index contributed by atoms with van der Waals surface area (Å²) in [5.41, 5.74) is 2.44. The Hall–Kier alpha value is -3.59. The van der Waals surface area contributed by atoms with Crippen molar-refractivity contribution >= 4 is 35.0 Å². The molecule has 2 N–H and O–H groups in total. The highest BCUT2D eigenvalue weighted by molar-refractivity contribution is 7.99. The molecule has 172 valence electrons. The fourth-order valence-electron chi connectivity index (χ4n) is 3.05. The molecule has 8 nitrogen and oxygen atoms in total. The third kappa shape index (κ3) is 6.95. The molecule has 0 radical (unpaired) electrons. The molecule has 0 fully saturated rings. The summed E-state index contributed by atoms with van der Waals surface area (Å²) in [6, 6.07) is 14.8. The maximum Gasteiger partial charge on any atom is 0.234 e. The number of anilines is 2. The monoisotopic (exact) mass is 465 g/mol. The van der Waals surface area contributed by atoms with Crippen LogP contribution in [0.1, 0.15) is 18.3 Å². The summed E-state index contributed by atoms with van der Waals surface area (Å²) in [6.45, 7) is 8.64. The lowest BCUT2D eigenvalue weighted by molar-refractivity contribution is -0.116. The Kier molecular flexibility index (Phi) is 8.65. The third-order valence-corrected chi connectivity index (χ3v) is 5.59. The molecule has 0 unspecified atom stereocenters. The number of rotatable bonds is 11. The zero-order valence-electron chi connectivity index (χ0n) is 18.7. The minimum absolute atomic E-state index is 0.0457. The van der Waals surface area contributed by atoms with Crippen LogP contribution < -0.4 is 15.4 Å². The molecule has 0 atom stereocenters. The predicted octanol–water partition coefficient (Wildman–Crippen LogP) is 4.08. The summed E-state index contributed by atoms with van der Waals surface area (Å²) < 4.78 is 7.20. The van der Waals surface area contributed by atoms with Gasteiger partial charge < -0.3 is 19.9 Å². The van der Waals surface area contributed by atoms with Gasteiger partial charge in [0.2, 0.25) is 11.8 Å². The zero-order chi connectivity index (χ0) is 23.6. The first kappa shape index (κ1) is 24.1. The second-order valence-electron chi connectivity index (χ2n) is 7.13. The van der Waals surface area contributed by atoms with Gasteiger partial charge in [0.25, 0.3) is 0 Å². The van der Waals surface area contributed by atoms with E-state index in [1.165, 1.54) is 11.8 Å². The molecule has 33 heavy (non-hydrogen) atoms. The summed E-state index contributed by atoms with van der Waals surface area (Å²) in [5.74, 6) is 1.06. The minimum atomic E-state index is -0.217. The van der Waals surface area contributed by atoms with E-state index in [4.69, 9.17) is 4.74 Å². The Bertz CT molecular complexity index is 1110. The van der Waals surface area contributed by atoms with Gasteiger partial charge in [0, 0.05) is 17.9 Å². The molecule has 3 rings (SSSR count). The number of nitrogens with zero attached hydrogens (tertiary/aromatic N) is 3. The van der Waals surface area contributed by atoms with Gasteiger partial charge in [-0.3, -0.25) is 9.59 Å². The van der Waals surface area contributed by atoms with Crippen molar-refractivity contribution in [3.63, 3.8) is 0 Å². The Morgan fingerprint density at radius 1 is 1.09 bits per heavy atom. The molecule has 1 aromatic heterocycles. The van der Waals surface area contributed by atoms with Crippen LogP contribution in [0.2, 0.25) is 0 Å². The first-order chi connectivity index (χ1) is 16.0. The number of hydrogen-bond acceptors (Lipinski definition) is 6. The van der Waals surface area contributed by atoms with Crippen LogP contribution in [0.15, 0.2) is 66.3 Å². The van der Waals surface area contributed by atoms with Gasteiger partial charge in [-0.2, -0.15) is 0 Å². The van der Waals surface area contributed by atoms with E-state index in [1.54, 1.807) is 34.9 Å². The number of carbonyl (C=O) groups excluding carboxylic acids is 2. The van der Waals surface area contributed by atoms with E-state index >= 15 is 0 Å². The first-order valence-corrected chi connectivity index (χ1v) is 11.5. The standard InChI is InChI=1S/C24H27N5O3S/c1-4-14-29-21(15-22(30)25-18-10-12-19(13-11-18)32-5-2)27-28-24(29)33-16-23(31)26-20-9-7-6-8-17(20)3/h4,6-13H,1,5,14-16H2,2-3H3,(H,25,30)(H,26,31). The summed E-state index contributed by atoms with van der Waals surface area (Å²) in [6.07, 6.45) is 1.75. The molecule has 0 bridgehead atoms. The predicted molar refractivity (Wildman–Crippen MR) is 131 cm³/mol. The summed E-state index contributed by atoms with van der Waals surface area (Å²) in [5, 5.41) is 14.6. The first-order valence-electron chi connectivity index (χ1n) is 10.5. The number of nitrogens with one attached hydrogen (secondary N) is 2. The van der Waals surface area contributed by atoms with Crippen LogP contribution in [-0.4, -0.2) is 38.9 Å². The number of para-hydroxylation sites is 1. The molecule has 2 aromatic carbocycles. The largest absolute Gasteiger partial charge is 0.494 e. The van der Waals surface area contributed by atoms with Gasteiger partial charge in [0.15, 0.2) is 5.16 Å². The van der Waals surface area contributed by atoms with Crippen molar-refractivity contribution in [3.8, 4) is 5.75 Å². The van der Waals surface area contributed by atoms with Gasteiger partial charge in [-0.25, -0.2) is 0 Å². The molecule has 0 aliphatic heterocycles. The molecule has 9 heteroatoms. The zero-order valence-corrected chi connectivity index (χ0v) is 19.5. The SMILES string of the molecule is C=CCn1c(CC(=O)Nc2ccc(OCC)cc2)nnc1SCC(=O)Nc1ccccc1C. The number of thioether (sulfide) groups is 1. The fourth-order valence-corrected chi connectivity index (χ4v) is 3.82. The van der Waals surface area contributed by atoms with Crippen molar-refractivity contribution in [2.45, 2.75) is 32.0 Å². The molecule has 0 saturated carbocycles. The van der Waals surface area contributed by atoms with E-state index in [0.717, 1.165) is 17.0 Å². The second-order valence-corrected chi connectivity index (χ2v) is 8.07. The van der Waals surface area contributed by atoms with Crippen LogP contribution in [0.3, 0.4) is 0 Å². The van der Waals surface area contributed by atoms with Crippen molar-refractivity contribution in [1.82, 2.24) is 14.8 Å². The van der Waals surface area contributed by atoms with E-state index in [9.17, 15) is 9.59 Å². The molecule has 0 saturated heterocycles. The van der Waals surface area contributed by atoms with Crippen molar-refractivity contribution in [2.24, 2.45) is 0 Å². The minimum Gasteiger partial charge on any atom is -0.494 e. The highest BCUT2D eigenvalue weighted by Gasteiger charge is 2.16. The average molecular weight is 466 g/mol. The number of amides is 2. The number of allylic oxidation sites excluding steroid dienone is 1. The lowest BCUT2D eigenvalue weighted by Gasteiger charge is -2.10. The van der Waals surface area contributed by atoms with Crippen LogP contribution in [0.5, 0.6) is 5.75 Å². The molecule has 1 heterocycles. The van der Waals surface area contributed by atoms with Crippen molar-refractivity contribution < 1.29 is 14.3 Å². The molecular weight excluding hydrogens is 438 g/mol. The number of carbonyl (C=O) groups is 2. The van der Waals surface area contributed by atoms with Crippen LogP contribution in [0.25, 0.3) is 0 Å². The van der Waals surface area contributed by atoms with Gasteiger partial charge >= 0.3 is 0 Å². The van der Waals surface area contributed by atoms with E-state index < -0.39 is 0 Å². The maximum atomic E-state index is 12.5. The van der Waals surface area contributed by atoms with Crippen molar-refractivity contribution in [2.75, 3.05) is 23.0 Å². The van der Waals surface area contributed by atoms with Crippen LogP contribution in [-0.2, 0) is 22.6 Å². The quantitative estimate of drug-likeness (QED) is 0.327. The number of aryl methyl sites for hydroxylation is 1. The molecule has 0 aliphatic carbocycles. The van der Waals surface area contributed by atoms with Crippen LogP contribution in [0.4, 0.5) is 11.4 Å². The smallest absolute Gasteiger partial charge is 0.234 e. The number of benzene rings is 2. The van der Waals surface area contributed by atoms with Gasteiger partial charge in [0.1, 0.15) is 11.6 Å². The highest BCUT2D eigenvalue weighted by Crippen LogP contribution is 2.20. The van der Waals surface area contributed by atoms with Crippen LogP contribution in [0, 0.1) is 6.92 Å². The molecule has 0 spiro atoms. The van der Waals surface area contributed by atoms with E-state index in [-0.39, 0.29) is 24.0 Å². The molecule has 3 aromatic rings. The molecule has 0 aliphatic rings. The Morgan fingerprint density at radius 2 is 1.85 bits per heavy atom. The van der Waals surface area contributed by atoms with E-state index in [0.29, 0.717) is 29.8 Å². The summed E-state index contributed by atoms with van der Waals surface area (Å²) in [7, 11) is 0. The third-order valence-electron chi connectivity index (χ3n) is 4.62. The van der Waals surface area contributed by atoms with Gasteiger partial charge in [0.05, 0.1) is 18.8 Å². The summed E-state index contributed by atoms with van der Waals surface area (Å²) >= 11 is 1.26. The number of ether oxygens (including phenoxy) is 1. The summed E-state index contributed by atoms with van der Waals surface area (Å²) in [4.78, 5) is 24.9. The van der Waals surface area contributed by atoms with Crippen molar-refractivity contribution in [3.05, 3.63) is 72.6 Å². The van der Waals surface area contributed by atoms with Gasteiger partial charge in [-0.15, -0.1) is 16.8 Å². The van der Waals surface area contributed by atoms with E-state index in [1.807, 2.05) is 38.1 Å². The Labute approximate surface area is 197 Å². The van der Waals surface area contributed by atoms with E-state index in [2.05, 4.69) is 27.4 Å². The Balaban J connectivity index is 1.60. The number of aromatic nitrogens is 3. The Morgan fingerprint density at radius 3 is 2.55 bits per heavy atom. The molecule has 2 amide bonds. The average Bonchev–Trinajstić information content (AvgIpc) is 3.17. The highest BCUT2D eigenvalue weighted by atomic mass is 32.2. The number of hydrogen-bond donors (Lipinski definition) is 2. The maximum absolute atomic E-state index is 12.5. The van der Waals surface area contributed by atoms with Crippen LogP contribution >= 0.6 is 11.8 Å².